The first-order chi connectivity index (χ1) is 9.20. The van der Waals surface area contributed by atoms with Gasteiger partial charge in [-0.05, 0) is 36.7 Å². The summed E-state index contributed by atoms with van der Waals surface area (Å²) in [7, 11) is 1.69. The topological polar surface area (TPSA) is 71.7 Å². The van der Waals surface area contributed by atoms with Gasteiger partial charge < -0.3 is 19.6 Å². The second kappa shape index (κ2) is 6.36. The van der Waals surface area contributed by atoms with Crippen LogP contribution in [0.2, 0.25) is 0 Å². The Labute approximate surface area is 111 Å². The minimum absolute atomic E-state index is 0.0276. The summed E-state index contributed by atoms with van der Waals surface area (Å²) < 4.78 is 10.2. The minimum atomic E-state index is -1.05. The fourth-order valence-corrected chi connectivity index (χ4v) is 1.88. The van der Waals surface area contributed by atoms with E-state index in [1.807, 2.05) is 12.1 Å². The van der Waals surface area contributed by atoms with Crippen LogP contribution in [0.15, 0.2) is 28.7 Å². The molecule has 0 amide bonds. The van der Waals surface area contributed by atoms with E-state index in [9.17, 15) is 4.79 Å². The third-order valence-electron chi connectivity index (χ3n) is 2.82. The number of furan rings is 1. The van der Waals surface area contributed by atoms with Crippen molar-refractivity contribution in [3.8, 4) is 0 Å². The van der Waals surface area contributed by atoms with E-state index in [-0.39, 0.29) is 5.76 Å². The van der Waals surface area contributed by atoms with Crippen LogP contribution in [0.4, 0.5) is 0 Å². The van der Waals surface area contributed by atoms with Gasteiger partial charge in [0.15, 0.2) is 0 Å². The number of fused-ring (bicyclic) bond motifs is 1. The maximum atomic E-state index is 10.8. The number of methoxy groups -OCH3 is 1. The van der Waals surface area contributed by atoms with Crippen LogP contribution in [0.5, 0.6) is 0 Å². The molecule has 0 aliphatic carbocycles. The Balaban J connectivity index is 1.98. The summed E-state index contributed by atoms with van der Waals surface area (Å²) >= 11 is 0. The first-order valence-electron chi connectivity index (χ1n) is 6.16. The van der Waals surface area contributed by atoms with Gasteiger partial charge >= 0.3 is 5.97 Å². The van der Waals surface area contributed by atoms with Crippen molar-refractivity contribution in [2.75, 3.05) is 20.3 Å². The molecule has 1 heterocycles. The number of nitrogens with one attached hydrogen (secondary N) is 1. The van der Waals surface area contributed by atoms with E-state index in [1.54, 1.807) is 19.2 Å². The SMILES string of the molecule is COCCCNCc1ccc2oc(C(=O)O)cc2c1. The van der Waals surface area contributed by atoms with E-state index in [0.29, 0.717) is 5.58 Å². The van der Waals surface area contributed by atoms with Crippen LogP contribution < -0.4 is 5.32 Å². The van der Waals surface area contributed by atoms with E-state index in [1.165, 1.54) is 0 Å². The molecule has 0 spiro atoms. The molecule has 0 aliphatic heterocycles. The van der Waals surface area contributed by atoms with Crippen LogP contribution in [0.1, 0.15) is 22.5 Å². The molecule has 0 atom stereocenters. The first kappa shape index (κ1) is 13.6. The van der Waals surface area contributed by atoms with E-state index >= 15 is 0 Å². The molecule has 0 radical (unpaired) electrons. The van der Waals surface area contributed by atoms with Crippen molar-refractivity contribution < 1.29 is 19.1 Å². The fraction of sp³-hybridized carbons (Fsp3) is 0.357. The zero-order valence-corrected chi connectivity index (χ0v) is 10.8. The van der Waals surface area contributed by atoms with Crippen molar-refractivity contribution in [2.45, 2.75) is 13.0 Å². The van der Waals surface area contributed by atoms with E-state index in [4.69, 9.17) is 14.3 Å². The van der Waals surface area contributed by atoms with Crippen molar-refractivity contribution in [3.05, 3.63) is 35.6 Å². The molecule has 0 fully saturated rings. The van der Waals surface area contributed by atoms with Gasteiger partial charge in [0, 0.05) is 25.6 Å². The molecular formula is C14H17NO4. The molecule has 1 aromatic heterocycles. The van der Waals surface area contributed by atoms with Crippen LogP contribution in [0.25, 0.3) is 11.0 Å². The van der Waals surface area contributed by atoms with Gasteiger partial charge in [-0.15, -0.1) is 0 Å². The van der Waals surface area contributed by atoms with Gasteiger partial charge in [-0.3, -0.25) is 0 Å². The number of carbonyl (C=O) groups is 1. The summed E-state index contributed by atoms with van der Waals surface area (Å²) in [6, 6.07) is 7.22. The van der Waals surface area contributed by atoms with Gasteiger partial charge in [0.05, 0.1) is 0 Å². The number of rotatable bonds is 7. The predicted octanol–water partition coefficient (Wildman–Crippen LogP) is 2.26. The number of carboxylic acids is 1. The lowest BCUT2D eigenvalue weighted by atomic mass is 10.1. The van der Waals surface area contributed by atoms with Crippen LogP contribution in [0.3, 0.4) is 0 Å². The minimum Gasteiger partial charge on any atom is -0.475 e. The van der Waals surface area contributed by atoms with Crippen molar-refractivity contribution in [2.24, 2.45) is 0 Å². The van der Waals surface area contributed by atoms with Gasteiger partial charge in [0.25, 0.3) is 0 Å². The molecular weight excluding hydrogens is 246 g/mol. The molecule has 5 heteroatoms. The summed E-state index contributed by atoms with van der Waals surface area (Å²) in [5, 5.41) is 13.0. The molecule has 5 nitrogen and oxygen atoms in total. The van der Waals surface area contributed by atoms with Crippen LogP contribution in [-0.4, -0.2) is 31.3 Å². The van der Waals surface area contributed by atoms with Gasteiger partial charge in [0.1, 0.15) is 5.58 Å². The van der Waals surface area contributed by atoms with Crippen molar-refractivity contribution >= 4 is 16.9 Å². The lowest BCUT2D eigenvalue weighted by Gasteiger charge is -2.04. The molecule has 102 valence electrons. The van der Waals surface area contributed by atoms with Gasteiger partial charge in [-0.1, -0.05) is 6.07 Å². The molecule has 2 N–H and O–H groups in total. The van der Waals surface area contributed by atoms with Crippen LogP contribution in [-0.2, 0) is 11.3 Å². The van der Waals surface area contributed by atoms with Crippen molar-refractivity contribution in [1.82, 2.24) is 5.32 Å². The van der Waals surface area contributed by atoms with Crippen molar-refractivity contribution in [1.29, 1.82) is 0 Å². The summed E-state index contributed by atoms with van der Waals surface area (Å²) in [6.45, 7) is 2.38. The summed E-state index contributed by atoms with van der Waals surface area (Å²) in [5.41, 5.74) is 1.70. The highest BCUT2D eigenvalue weighted by Crippen LogP contribution is 2.20. The molecule has 0 saturated carbocycles. The third-order valence-corrected chi connectivity index (χ3v) is 2.82. The lowest BCUT2D eigenvalue weighted by Crippen LogP contribution is -2.15. The Kier molecular flexibility index (Phi) is 4.54. The standard InChI is InChI=1S/C14H17NO4/c1-18-6-2-5-15-9-10-3-4-12-11(7-10)8-13(19-12)14(16)17/h3-4,7-8,15H,2,5-6,9H2,1H3,(H,16,17). The summed E-state index contributed by atoms with van der Waals surface area (Å²) in [4.78, 5) is 10.8. The number of hydrogen-bond acceptors (Lipinski definition) is 4. The van der Waals surface area contributed by atoms with E-state index in [2.05, 4.69) is 5.32 Å². The molecule has 1 aromatic carbocycles. The Morgan fingerprint density at radius 3 is 3.00 bits per heavy atom. The molecule has 0 saturated heterocycles. The van der Waals surface area contributed by atoms with Crippen LogP contribution >= 0.6 is 0 Å². The van der Waals surface area contributed by atoms with E-state index in [0.717, 1.165) is 37.1 Å². The normalized spacial score (nSPS) is 11.0. The average Bonchev–Trinajstić information content (AvgIpc) is 2.82. The summed E-state index contributed by atoms with van der Waals surface area (Å²) in [5.74, 6) is -1.07. The molecule has 2 rings (SSSR count). The van der Waals surface area contributed by atoms with E-state index < -0.39 is 5.97 Å². The first-order valence-corrected chi connectivity index (χ1v) is 6.16. The van der Waals surface area contributed by atoms with Gasteiger partial charge in [-0.2, -0.15) is 0 Å². The second-order valence-electron chi connectivity index (χ2n) is 4.31. The quantitative estimate of drug-likeness (QED) is 0.750. The number of aromatic carboxylic acids is 1. The number of benzene rings is 1. The molecule has 2 aromatic rings. The second-order valence-corrected chi connectivity index (χ2v) is 4.31. The molecule has 19 heavy (non-hydrogen) atoms. The maximum Gasteiger partial charge on any atom is 0.371 e. The average molecular weight is 263 g/mol. The zero-order valence-electron chi connectivity index (χ0n) is 10.8. The summed E-state index contributed by atoms with van der Waals surface area (Å²) in [6.07, 6.45) is 0.966. The van der Waals surface area contributed by atoms with Crippen molar-refractivity contribution in [3.63, 3.8) is 0 Å². The van der Waals surface area contributed by atoms with Crippen LogP contribution in [0, 0.1) is 0 Å². The Morgan fingerprint density at radius 2 is 2.26 bits per heavy atom. The molecule has 0 bridgehead atoms. The molecule has 0 unspecified atom stereocenters. The largest absolute Gasteiger partial charge is 0.475 e. The highest BCUT2D eigenvalue weighted by molar-refractivity contribution is 5.91. The fourth-order valence-electron chi connectivity index (χ4n) is 1.88. The Morgan fingerprint density at radius 1 is 1.42 bits per heavy atom. The monoisotopic (exact) mass is 263 g/mol. The van der Waals surface area contributed by atoms with Gasteiger partial charge in [0.2, 0.25) is 5.76 Å². The van der Waals surface area contributed by atoms with Gasteiger partial charge in [-0.25, -0.2) is 4.79 Å². The lowest BCUT2D eigenvalue weighted by molar-refractivity contribution is 0.0665. The number of carboxylic acid groups (broad SMARTS) is 1. The smallest absolute Gasteiger partial charge is 0.371 e. The zero-order chi connectivity index (χ0) is 13.7. The maximum absolute atomic E-state index is 10.8. The highest BCUT2D eigenvalue weighted by atomic mass is 16.5. The predicted molar refractivity (Wildman–Crippen MR) is 71.4 cm³/mol. The number of ether oxygens (including phenoxy) is 1. The molecule has 0 aliphatic rings. The number of hydrogen-bond donors (Lipinski definition) is 2. The Hall–Kier alpha value is -1.85. The third kappa shape index (κ3) is 3.56. The highest BCUT2D eigenvalue weighted by Gasteiger charge is 2.10. The Bertz CT molecular complexity index is 562.